The highest BCUT2D eigenvalue weighted by molar-refractivity contribution is 7.13. The standard InChI is InChI=1S/C11H17N3OS/c15-10(14-11-13-7-8-16-11)5-4-9-3-1-2-6-12-9/h7-9,12H,1-6H2,(H,13,14,15). The second-order valence-corrected chi connectivity index (χ2v) is 4.97. The number of anilines is 1. The molecule has 2 heterocycles. The average Bonchev–Trinajstić information content (AvgIpc) is 2.81. The van der Waals surface area contributed by atoms with E-state index in [9.17, 15) is 4.79 Å². The Hall–Kier alpha value is -0.940. The Morgan fingerprint density at radius 1 is 1.62 bits per heavy atom. The van der Waals surface area contributed by atoms with E-state index >= 15 is 0 Å². The van der Waals surface area contributed by atoms with Crippen LogP contribution >= 0.6 is 11.3 Å². The minimum atomic E-state index is 0.0716. The number of amides is 1. The van der Waals surface area contributed by atoms with Crippen molar-refractivity contribution >= 4 is 22.4 Å². The maximum absolute atomic E-state index is 11.6. The third-order valence-corrected chi connectivity index (χ3v) is 3.50. The Kier molecular flexibility index (Phi) is 4.30. The fraction of sp³-hybridized carbons (Fsp3) is 0.636. The van der Waals surface area contributed by atoms with E-state index in [2.05, 4.69) is 15.6 Å². The summed E-state index contributed by atoms with van der Waals surface area (Å²) in [4.78, 5) is 15.6. The lowest BCUT2D eigenvalue weighted by Crippen LogP contribution is -2.34. The molecule has 88 valence electrons. The molecule has 1 aliphatic rings. The van der Waals surface area contributed by atoms with Gasteiger partial charge in [0.15, 0.2) is 5.13 Å². The van der Waals surface area contributed by atoms with Crippen molar-refractivity contribution < 1.29 is 4.79 Å². The molecule has 1 unspecified atom stereocenters. The first-order valence-electron chi connectivity index (χ1n) is 5.77. The van der Waals surface area contributed by atoms with E-state index in [0.29, 0.717) is 17.6 Å². The molecule has 0 aromatic carbocycles. The number of aromatic nitrogens is 1. The second kappa shape index (κ2) is 5.96. The molecular formula is C11H17N3OS. The summed E-state index contributed by atoms with van der Waals surface area (Å²) in [6.07, 6.45) is 6.95. The quantitative estimate of drug-likeness (QED) is 0.845. The number of nitrogens with zero attached hydrogens (tertiary/aromatic N) is 1. The van der Waals surface area contributed by atoms with Gasteiger partial charge in [-0.3, -0.25) is 4.79 Å². The zero-order valence-corrected chi connectivity index (χ0v) is 10.1. The largest absolute Gasteiger partial charge is 0.314 e. The molecule has 1 saturated heterocycles. The van der Waals surface area contributed by atoms with Crippen LogP contribution in [0.2, 0.25) is 0 Å². The number of thiazole rings is 1. The number of hydrogen-bond acceptors (Lipinski definition) is 4. The summed E-state index contributed by atoms with van der Waals surface area (Å²) in [5, 5.41) is 8.80. The first-order valence-corrected chi connectivity index (χ1v) is 6.65. The summed E-state index contributed by atoms with van der Waals surface area (Å²) in [6.45, 7) is 1.10. The first kappa shape index (κ1) is 11.5. The normalized spacial score (nSPS) is 20.6. The number of carbonyl (C=O) groups is 1. The highest BCUT2D eigenvalue weighted by Crippen LogP contribution is 2.14. The minimum Gasteiger partial charge on any atom is -0.314 e. The molecule has 1 fully saturated rings. The SMILES string of the molecule is O=C(CCC1CCCCN1)Nc1nccs1. The molecule has 2 rings (SSSR count). The number of carbonyl (C=O) groups excluding carboxylic acids is 1. The summed E-state index contributed by atoms with van der Waals surface area (Å²) >= 11 is 1.45. The molecule has 1 aromatic rings. The molecule has 0 bridgehead atoms. The number of hydrogen-bond donors (Lipinski definition) is 2. The van der Waals surface area contributed by atoms with Gasteiger partial charge >= 0.3 is 0 Å². The van der Waals surface area contributed by atoms with Crippen molar-refractivity contribution in [3.8, 4) is 0 Å². The molecule has 1 aromatic heterocycles. The van der Waals surface area contributed by atoms with Gasteiger partial charge in [-0.05, 0) is 25.8 Å². The third-order valence-electron chi connectivity index (χ3n) is 2.81. The molecule has 1 aliphatic heterocycles. The molecule has 16 heavy (non-hydrogen) atoms. The van der Waals surface area contributed by atoms with Crippen LogP contribution in [0.1, 0.15) is 32.1 Å². The topological polar surface area (TPSA) is 54.0 Å². The van der Waals surface area contributed by atoms with Crippen molar-refractivity contribution in [3.63, 3.8) is 0 Å². The third kappa shape index (κ3) is 3.57. The van der Waals surface area contributed by atoms with Crippen LogP contribution in [0.25, 0.3) is 0 Å². The van der Waals surface area contributed by atoms with Gasteiger partial charge in [0.05, 0.1) is 0 Å². The average molecular weight is 239 g/mol. The monoisotopic (exact) mass is 239 g/mol. The van der Waals surface area contributed by atoms with Gasteiger partial charge in [0, 0.05) is 24.0 Å². The van der Waals surface area contributed by atoms with Gasteiger partial charge in [0.25, 0.3) is 0 Å². The zero-order chi connectivity index (χ0) is 11.2. The van der Waals surface area contributed by atoms with Crippen molar-refractivity contribution in [2.75, 3.05) is 11.9 Å². The van der Waals surface area contributed by atoms with Gasteiger partial charge in [-0.25, -0.2) is 4.98 Å². The van der Waals surface area contributed by atoms with Gasteiger partial charge in [0.1, 0.15) is 0 Å². The lowest BCUT2D eigenvalue weighted by molar-refractivity contribution is -0.116. The molecule has 0 saturated carbocycles. The summed E-state index contributed by atoms with van der Waals surface area (Å²) in [5.41, 5.74) is 0. The van der Waals surface area contributed by atoms with Crippen molar-refractivity contribution in [2.24, 2.45) is 0 Å². The van der Waals surface area contributed by atoms with E-state index in [4.69, 9.17) is 0 Å². The Morgan fingerprint density at radius 2 is 2.56 bits per heavy atom. The Morgan fingerprint density at radius 3 is 3.25 bits per heavy atom. The van der Waals surface area contributed by atoms with E-state index in [-0.39, 0.29) is 5.91 Å². The first-order chi connectivity index (χ1) is 7.84. The van der Waals surface area contributed by atoms with E-state index in [1.54, 1.807) is 6.20 Å². The van der Waals surface area contributed by atoms with Crippen LogP contribution in [0.5, 0.6) is 0 Å². The van der Waals surface area contributed by atoms with Gasteiger partial charge in [0.2, 0.25) is 5.91 Å². The predicted octanol–water partition coefficient (Wildman–Crippen LogP) is 2.00. The van der Waals surface area contributed by atoms with Crippen molar-refractivity contribution in [2.45, 2.75) is 38.1 Å². The molecule has 4 nitrogen and oxygen atoms in total. The van der Waals surface area contributed by atoms with Gasteiger partial charge in [-0.1, -0.05) is 6.42 Å². The highest BCUT2D eigenvalue weighted by Gasteiger charge is 2.14. The van der Waals surface area contributed by atoms with Crippen LogP contribution in [0.15, 0.2) is 11.6 Å². The maximum atomic E-state index is 11.6. The van der Waals surface area contributed by atoms with E-state index < -0.39 is 0 Å². The van der Waals surface area contributed by atoms with Gasteiger partial charge in [-0.2, -0.15) is 0 Å². The maximum Gasteiger partial charge on any atom is 0.226 e. The Labute approximate surface area is 99.5 Å². The lowest BCUT2D eigenvalue weighted by Gasteiger charge is -2.22. The van der Waals surface area contributed by atoms with Crippen LogP contribution in [-0.2, 0) is 4.79 Å². The smallest absolute Gasteiger partial charge is 0.226 e. The minimum absolute atomic E-state index is 0.0716. The van der Waals surface area contributed by atoms with Crippen molar-refractivity contribution in [3.05, 3.63) is 11.6 Å². The zero-order valence-electron chi connectivity index (χ0n) is 9.24. The summed E-state index contributed by atoms with van der Waals surface area (Å²) in [6, 6.07) is 0.524. The van der Waals surface area contributed by atoms with Crippen LogP contribution in [0, 0.1) is 0 Å². The molecule has 1 atom stereocenters. The van der Waals surface area contributed by atoms with Crippen LogP contribution < -0.4 is 10.6 Å². The predicted molar refractivity (Wildman–Crippen MR) is 65.6 cm³/mol. The Balaban J connectivity index is 1.67. The fourth-order valence-electron chi connectivity index (χ4n) is 1.94. The second-order valence-electron chi connectivity index (χ2n) is 4.07. The number of piperidine rings is 1. The fourth-order valence-corrected chi connectivity index (χ4v) is 2.49. The summed E-state index contributed by atoms with van der Waals surface area (Å²) in [7, 11) is 0. The number of rotatable bonds is 4. The van der Waals surface area contributed by atoms with Crippen LogP contribution in [0.4, 0.5) is 5.13 Å². The van der Waals surface area contributed by atoms with Crippen molar-refractivity contribution in [1.29, 1.82) is 0 Å². The molecule has 0 aliphatic carbocycles. The molecule has 1 amide bonds. The van der Waals surface area contributed by atoms with E-state index in [0.717, 1.165) is 13.0 Å². The van der Waals surface area contributed by atoms with Crippen LogP contribution in [0.3, 0.4) is 0 Å². The number of nitrogens with one attached hydrogen (secondary N) is 2. The van der Waals surface area contributed by atoms with E-state index in [1.165, 1.54) is 30.6 Å². The van der Waals surface area contributed by atoms with Gasteiger partial charge < -0.3 is 10.6 Å². The molecule has 2 N–H and O–H groups in total. The van der Waals surface area contributed by atoms with Crippen LogP contribution in [-0.4, -0.2) is 23.5 Å². The molecular weight excluding hydrogens is 222 g/mol. The summed E-state index contributed by atoms with van der Waals surface area (Å²) < 4.78 is 0. The van der Waals surface area contributed by atoms with Crippen molar-refractivity contribution in [1.82, 2.24) is 10.3 Å². The highest BCUT2D eigenvalue weighted by atomic mass is 32.1. The summed E-state index contributed by atoms with van der Waals surface area (Å²) in [5.74, 6) is 0.0716. The van der Waals surface area contributed by atoms with Gasteiger partial charge in [-0.15, -0.1) is 11.3 Å². The Bertz CT molecular complexity index is 320. The molecule has 0 radical (unpaired) electrons. The van der Waals surface area contributed by atoms with E-state index in [1.807, 2.05) is 5.38 Å². The molecule has 5 heteroatoms. The molecule has 0 spiro atoms. The lowest BCUT2D eigenvalue weighted by atomic mass is 10.0.